The molecule has 1 saturated heterocycles. The second kappa shape index (κ2) is 5.93. The average Bonchev–Trinajstić information content (AvgIpc) is 2.38. The Morgan fingerprint density at radius 1 is 1.26 bits per heavy atom. The maximum atomic E-state index is 12.1. The van der Waals surface area contributed by atoms with Crippen LogP contribution in [0.3, 0.4) is 0 Å². The van der Waals surface area contributed by atoms with Crippen molar-refractivity contribution >= 4 is 11.7 Å². The Labute approximate surface area is 113 Å². The number of hydrogen-bond donors (Lipinski definition) is 1. The molecule has 5 heteroatoms. The van der Waals surface area contributed by atoms with Gasteiger partial charge in [0.1, 0.15) is 5.75 Å². The van der Waals surface area contributed by atoms with E-state index in [0.29, 0.717) is 13.1 Å². The van der Waals surface area contributed by atoms with E-state index in [0.717, 1.165) is 11.4 Å². The first kappa shape index (κ1) is 13.7. The summed E-state index contributed by atoms with van der Waals surface area (Å²) in [5.74, 6) is 0.770. The number of benzene rings is 1. The molecule has 0 spiro atoms. The van der Waals surface area contributed by atoms with Crippen molar-refractivity contribution in [1.29, 1.82) is 0 Å². The van der Waals surface area contributed by atoms with Crippen LogP contribution in [0.15, 0.2) is 24.3 Å². The summed E-state index contributed by atoms with van der Waals surface area (Å²) < 4.78 is 10.7. The molecule has 104 valence electrons. The van der Waals surface area contributed by atoms with Crippen LogP contribution in [-0.2, 0) is 4.74 Å². The molecule has 1 N–H and O–H groups in total. The number of urea groups is 1. The minimum atomic E-state index is -0.0906. The molecule has 0 radical (unpaired) electrons. The van der Waals surface area contributed by atoms with Crippen LogP contribution in [0, 0.1) is 0 Å². The predicted octanol–water partition coefficient (Wildman–Crippen LogP) is 2.34. The molecule has 1 aliphatic heterocycles. The first-order valence-corrected chi connectivity index (χ1v) is 6.44. The summed E-state index contributed by atoms with van der Waals surface area (Å²) in [5.41, 5.74) is 0.762. The quantitative estimate of drug-likeness (QED) is 0.892. The molecule has 2 atom stereocenters. The van der Waals surface area contributed by atoms with Crippen molar-refractivity contribution in [1.82, 2.24) is 4.90 Å². The number of methoxy groups -OCH3 is 1. The summed E-state index contributed by atoms with van der Waals surface area (Å²) in [6.07, 6.45) is 0.149. The van der Waals surface area contributed by atoms with Gasteiger partial charge in [-0.1, -0.05) is 0 Å². The molecule has 2 amide bonds. The Hall–Kier alpha value is -1.75. The van der Waals surface area contributed by atoms with Gasteiger partial charge in [0, 0.05) is 18.8 Å². The Morgan fingerprint density at radius 2 is 1.84 bits per heavy atom. The van der Waals surface area contributed by atoms with Gasteiger partial charge in [0.2, 0.25) is 0 Å². The third-order valence-corrected chi connectivity index (χ3v) is 3.05. The van der Waals surface area contributed by atoms with Gasteiger partial charge in [-0.15, -0.1) is 0 Å². The summed E-state index contributed by atoms with van der Waals surface area (Å²) in [6.45, 7) is 5.19. The molecular weight excluding hydrogens is 244 g/mol. The van der Waals surface area contributed by atoms with Gasteiger partial charge >= 0.3 is 6.03 Å². The first-order valence-electron chi connectivity index (χ1n) is 6.44. The maximum absolute atomic E-state index is 12.1. The van der Waals surface area contributed by atoms with Gasteiger partial charge in [-0.05, 0) is 38.1 Å². The van der Waals surface area contributed by atoms with Crippen molar-refractivity contribution in [2.24, 2.45) is 0 Å². The van der Waals surface area contributed by atoms with E-state index >= 15 is 0 Å². The summed E-state index contributed by atoms with van der Waals surface area (Å²) in [6, 6.07) is 7.20. The fourth-order valence-electron chi connectivity index (χ4n) is 2.22. The van der Waals surface area contributed by atoms with Crippen LogP contribution in [0.1, 0.15) is 13.8 Å². The zero-order valence-corrected chi connectivity index (χ0v) is 11.6. The third-order valence-electron chi connectivity index (χ3n) is 3.05. The maximum Gasteiger partial charge on any atom is 0.322 e. The van der Waals surface area contributed by atoms with Crippen molar-refractivity contribution in [3.63, 3.8) is 0 Å². The lowest BCUT2D eigenvalue weighted by atomic mass is 10.2. The van der Waals surface area contributed by atoms with E-state index in [1.807, 2.05) is 38.1 Å². The number of carbonyl (C=O) groups excluding carboxylic acids is 1. The molecule has 0 unspecified atom stereocenters. The SMILES string of the molecule is COc1ccc(NC(=O)N2C[C@H](C)O[C@@H](C)C2)cc1. The minimum absolute atomic E-state index is 0.0744. The van der Waals surface area contributed by atoms with Crippen LogP contribution < -0.4 is 10.1 Å². The second-order valence-electron chi connectivity index (χ2n) is 4.82. The highest BCUT2D eigenvalue weighted by Gasteiger charge is 2.25. The van der Waals surface area contributed by atoms with E-state index in [9.17, 15) is 4.79 Å². The number of morpholine rings is 1. The van der Waals surface area contributed by atoms with Crippen molar-refractivity contribution in [3.05, 3.63) is 24.3 Å². The minimum Gasteiger partial charge on any atom is -0.497 e. The lowest BCUT2D eigenvalue weighted by Crippen LogP contribution is -2.49. The van der Waals surface area contributed by atoms with Gasteiger partial charge in [-0.25, -0.2) is 4.79 Å². The summed E-state index contributed by atoms with van der Waals surface area (Å²) >= 11 is 0. The number of ether oxygens (including phenoxy) is 2. The molecule has 0 aromatic heterocycles. The van der Waals surface area contributed by atoms with Gasteiger partial charge in [-0.3, -0.25) is 0 Å². The van der Waals surface area contributed by atoms with Crippen LogP contribution in [0.2, 0.25) is 0 Å². The van der Waals surface area contributed by atoms with Crippen LogP contribution >= 0.6 is 0 Å². The van der Waals surface area contributed by atoms with Crippen molar-refractivity contribution in [3.8, 4) is 5.75 Å². The topological polar surface area (TPSA) is 50.8 Å². The standard InChI is InChI=1S/C14H20N2O3/c1-10-8-16(9-11(2)19-10)14(17)15-12-4-6-13(18-3)7-5-12/h4-7,10-11H,8-9H2,1-3H3,(H,15,17)/t10-,11-/m0/s1. The third kappa shape index (κ3) is 3.61. The van der Waals surface area contributed by atoms with Crippen molar-refractivity contribution < 1.29 is 14.3 Å². The van der Waals surface area contributed by atoms with Crippen molar-refractivity contribution in [2.45, 2.75) is 26.1 Å². The zero-order valence-electron chi connectivity index (χ0n) is 11.6. The van der Waals surface area contributed by atoms with Crippen LogP contribution in [0.4, 0.5) is 10.5 Å². The molecule has 1 heterocycles. The lowest BCUT2D eigenvalue weighted by molar-refractivity contribution is -0.0530. The number of hydrogen-bond acceptors (Lipinski definition) is 3. The largest absolute Gasteiger partial charge is 0.497 e. The van der Waals surface area contributed by atoms with E-state index in [4.69, 9.17) is 9.47 Å². The molecule has 0 bridgehead atoms. The highest BCUT2D eigenvalue weighted by molar-refractivity contribution is 5.89. The number of nitrogens with zero attached hydrogens (tertiary/aromatic N) is 1. The lowest BCUT2D eigenvalue weighted by Gasteiger charge is -2.35. The fraction of sp³-hybridized carbons (Fsp3) is 0.500. The Bertz CT molecular complexity index is 423. The number of anilines is 1. The fourth-order valence-corrected chi connectivity index (χ4v) is 2.22. The first-order chi connectivity index (χ1) is 9.08. The molecule has 1 aliphatic rings. The highest BCUT2D eigenvalue weighted by atomic mass is 16.5. The number of amides is 2. The van der Waals surface area contributed by atoms with Gasteiger partial charge in [0.15, 0.2) is 0 Å². The number of nitrogens with one attached hydrogen (secondary N) is 1. The molecule has 2 rings (SSSR count). The van der Waals surface area contributed by atoms with E-state index < -0.39 is 0 Å². The highest BCUT2D eigenvalue weighted by Crippen LogP contribution is 2.17. The van der Waals surface area contributed by atoms with Gasteiger partial charge in [0.05, 0.1) is 19.3 Å². The van der Waals surface area contributed by atoms with Crippen LogP contribution in [-0.4, -0.2) is 43.3 Å². The normalized spacial score (nSPS) is 23.0. The second-order valence-corrected chi connectivity index (χ2v) is 4.82. The smallest absolute Gasteiger partial charge is 0.322 e. The molecule has 0 saturated carbocycles. The van der Waals surface area contributed by atoms with Crippen LogP contribution in [0.25, 0.3) is 0 Å². The van der Waals surface area contributed by atoms with Crippen LogP contribution in [0.5, 0.6) is 5.75 Å². The molecule has 1 aromatic rings. The summed E-state index contributed by atoms with van der Waals surface area (Å²) in [4.78, 5) is 13.9. The Balaban J connectivity index is 1.96. The van der Waals surface area contributed by atoms with Crippen molar-refractivity contribution in [2.75, 3.05) is 25.5 Å². The van der Waals surface area contributed by atoms with E-state index in [1.54, 1.807) is 12.0 Å². The zero-order chi connectivity index (χ0) is 13.8. The number of rotatable bonds is 2. The van der Waals surface area contributed by atoms with Gasteiger partial charge < -0.3 is 19.7 Å². The molecule has 5 nitrogen and oxygen atoms in total. The average molecular weight is 264 g/mol. The summed E-state index contributed by atoms with van der Waals surface area (Å²) in [7, 11) is 1.62. The molecule has 1 aromatic carbocycles. The number of carbonyl (C=O) groups is 1. The Kier molecular flexibility index (Phi) is 4.27. The predicted molar refractivity (Wildman–Crippen MR) is 73.6 cm³/mol. The Morgan fingerprint density at radius 3 is 2.37 bits per heavy atom. The molecule has 1 fully saturated rings. The van der Waals surface area contributed by atoms with E-state index in [-0.39, 0.29) is 18.2 Å². The van der Waals surface area contributed by atoms with E-state index in [2.05, 4.69) is 5.32 Å². The molecular formula is C14H20N2O3. The molecule has 19 heavy (non-hydrogen) atoms. The van der Waals surface area contributed by atoms with Gasteiger partial charge in [-0.2, -0.15) is 0 Å². The van der Waals surface area contributed by atoms with Gasteiger partial charge in [0.25, 0.3) is 0 Å². The van der Waals surface area contributed by atoms with E-state index in [1.165, 1.54) is 0 Å². The monoisotopic (exact) mass is 264 g/mol. The molecule has 0 aliphatic carbocycles. The summed E-state index contributed by atoms with van der Waals surface area (Å²) in [5, 5.41) is 2.88.